The summed E-state index contributed by atoms with van der Waals surface area (Å²) in [6, 6.07) is 3.45. The number of amides is 1. The van der Waals surface area contributed by atoms with E-state index in [-0.39, 0.29) is 18.3 Å². The third-order valence-corrected chi connectivity index (χ3v) is 8.82. The molecular weight excluding hydrogens is 382 g/mol. The summed E-state index contributed by atoms with van der Waals surface area (Å²) in [7, 11) is -3.37. The Bertz CT molecular complexity index is 719. The van der Waals surface area contributed by atoms with Gasteiger partial charge in [-0.25, -0.2) is 8.42 Å². The molecule has 3 aliphatic rings. The summed E-state index contributed by atoms with van der Waals surface area (Å²) >= 11 is 1.25. The Morgan fingerprint density at radius 3 is 2.44 bits per heavy atom. The van der Waals surface area contributed by atoms with Gasteiger partial charge in [-0.2, -0.15) is 4.31 Å². The molecule has 3 aliphatic heterocycles. The van der Waals surface area contributed by atoms with E-state index in [0.717, 1.165) is 43.9 Å². The molecule has 1 aromatic rings. The summed E-state index contributed by atoms with van der Waals surface area (Å²) in [5, 5.41) is 3.37. The average Bonchev–Trinajstić information content (AvgIpc) is 3.30. The van der Waals surface area contributed by atoms with E-state index in [1.54, 1.807) is 16.4 Å². The van der Waals surface area contributed by atoms with Crippen molar-refractivity contribution in [3.05, 3.63) is 17.0 Å². The standard InChI is InChI=1S/C16H23N3O3S2.ClH/c20-15(18-10-12-8-17-9-13(12)11-18)7-14-3-4-16(23-14)24(21,22)19-5-1-2-6-19;/h3-4,12-13,17H,1-2,5-11H2;1H/t12-,13+;. The van der Waals surface area contributed by atoms with Gasteiger partial charge in [-0.05, 0) is 36.8 Å². The highest BCUT2D eigenvalue weighted by molar-refractivity contribution is 7.91. The second-order valence-corrected chi connectivity index (χ2v) is 10.3. The van der Waals surface area contributed by atoms with E-state index in [2.05, 4.69) is 5.32 Å². The molecule has 25 heavy (non-hydrogen) atoms. The van der Waals surface area contributed by atoms with Gasteiger partial charge in [0.05, 0.1) is 6.42 Å². The maximum Gasteiger partial charge on any atom is 0.252 e. The van der Waals surface area contributed by atoms with Crippen molar-refractivity contribution in [2.45, 2.75) is 23.5 Å². The Morgan fingerprint density at radius 1 is 1.16 bits per heavy atom. The van der Waals surface area contributed by atoms with Crippen molar-refractivity contribution in [2.24, 2.45) is 11.8 Å². The number of hydrogen-bond acceptors (Lipinski definition) is 5. The van der Waals surface area contributed by atoms with Gasteiger partial charge in [0.2, 0.25) is 5.91 Å². The van der Waals surface area contributed by atoms with Crippen molar-refractivity contribution in [3.63, 3.8) is 0 Å². The maximum atomic E-state index is 12.6. The van der Waals surface area contributed by atoms with Gasteiger partial charge in [0.1, 0.15) is 4.21 Å². The Kier molecular flexibility index (Phi) is 5.75. The van der Waals surface area contributed by atoms with Crippen LogP contribution in [-0.2, 0) is 21.2 Å². The molecule has 0 bridgehead atoms. The molecule has 140 valence electrons. The lowest BCUT2D eigenvalue weighted by molar-refractivity contribution is -0.129. The Hall–Kier alpha value is -0.670. The minimum Gasteiger partial charge on any atom is -0.342 e. The molecule has 1 N–H and O–H groups in total. The predicted octanol–water partition coefficient (Wildman–Crippen LogP) is 1.17. The third-order valence-electron chi connectivity index (χ3n) is 5.36. The van der Waals surface area contributed by atoms with Gasteiger partial charge in [-0.1, -0.05) is 0 Å². The Morgan fingerprint density at radius 2 is 1.80 bits per heavy atom. The first-order valence-corrected chi connectivity index (χ1v) is 10.9. The number of nitrogens with one attached hydrogen (secondary N) is 1. The van der Waals surface area contributed by atoms with E-state index in [1.165, 1.54) is 11.3 Å². The predicted molar refractivity (Wildman–Crippen MR) is 99.7 cm³/mol. The number of likely N-dealkylation sites (tertiary alicyclic amines) is 1. The molecule has 1 aromatic heterocycles. The van der Waals surface area contributed by atoms with Gasteiger partial charge in [0, 0.05) is 44.1 Å². The van der Waals surface area contributed by atoms with E-state index < -0.39 is 10.0 Å². The van der Waals surface area contributed by atoms with Crippen molar-refractivity contribution in [1.29, 1.82) is 0 Å². The van der Waals surface area contributed by atoms with Crippen LogP contribution in [0.1, 0.15) is 17.7 Å². The highest BCUT2D eigenvalue weighted by Gasteiger charge is 2.38. The molecule has 0 aliphatic carbocycles. The van der Waals surface area contributed by atoms with Crippen molar-refractivity contribution in [3.8, 4) is 0 Å². The molecule has 4 heterocycles. The number of thiophene rings is 1. The first-order valence-electron chi connectivity index (χ1n) is 8.61. The Balaban J connectivity index is 0.00000182. The van der Waals surface area contributed by atoms with Gasteiger partial charge in [-0.3, -0.25) is 4.79 Å². The van der Waals surface area contributed by atoms with Crippen LogP contribution >= 0.6 is 23.7 Å². The number of hydrogen-bond donors (Lipinski definition) is 1. The average molecular weight is 406 g/mol. The molecule has 3 fully saturated rings. The molecule has 0 radical (unpaired) electrons. The molecular formula is C16H24ClN3O3S2. The number of rotatable bonds is 4. The van der Waals surface area contributed by atoms with Crippen LogP contribution in [0.25, 0.3) is 0 Å². The fourth-order valence-electron chi connectivity index (χ4n) is 3.97. The number of carbonyl (C=O) groups excluding carboxylic acids is 1. The van der Waals surface area contributed by atoms with Crippen LogP contribution in [0.5, 0.6) is 0 Å². The zero-order valence-electron chi connectivity index (χ0n) is 14.0. The van der Waals surface area contributed by atoms with Crippen LogP contribution in [0.15, 0.2) is 16.3 Å². The molecule has 2 atom stereocenters. The molecule has 1 amide bonds. The fourth-order valence-corrected chi connectivity index (χ4v) is 6.99. The highest BCUT2D eigenvalue weighted by atomic mass is 35.5. The molecule has 6 nitrogen and oxygen atoms in total. The van der Waals surface area contributed by atoms with E-state index in [0.29, 0.717) is 35.6 Å². The lowest BCUT2D eigenvalue weighted by Crippen LogP contribution is -2.32. The van der Waals surface area contributed by atoms with Crippen LogP contribution < -0.4 is 5.32 Å². The lowest BCUT2D eigenvalue weighted by Gasteiger charge is -2.17. The van der Waals surface area contributed by atoms with Crippen LogP contribution in [0, 0.1) is 11.8 Å². The number of nitrogens with zero attached hydrogens (tertiary/aromatic N) is 2. The van der Waals surface area contributed by atoms with Crippen molar-refractivity contribution >= 4 is 39.7 Å². The first-order chi connectivity index (χ1) is 11.5. The van der Waals surface area contributed by atoms with Crippen LogP contribution in [0.3, 0.4) is 0 Å². The summed E-state index contributed by atoms with van der Waals surface area (Å²) in [6.07, 6.45) is 2.18. The number of halogens is 1. The largest absolute Gasteiger partial charge is 0.342 e. The summed E-state index contributed by atoms with van der Waals surface area (Å²) in [6.45, 7) is 4.90. The van der Waals surface area contributed by atoms with Gasteiger partial charge < -0.3 is 10.2 Å². The van der Waals surface area contributed by atoms with Crippen LogP contribution in [0.4, 0.5) is 0 Å². The summed E-state index contributed by atoms with van der Waals surface area (Å²) in [5.74, 6) is 1.29. The zero-order valence-corrected chi connectivity index (χ0v) is 16.5. The second-order valence-electron chi connectivity index (χ2n) is 6.99. The quantitative estimate of drug-likeness (QED) is 0.816. The fraction of sp³-hybridized carbons (Fsp3) is 0.688. The normalized spacial score (nSPS) is 26.6. The van der Waals surface area contributed by atoms with Crippen molar-refractivity contribution in [2.75, 3.05) is 39.3 Å². The van der Waals surface area contributed by atoms with Crippen molar-refractivity contribution < 1.29 is 13.2 Å². The molecule has 0 unspecified atom stereocenters. The Labute approximate surface area is 159 Å². The molecule has 9 heteroatoms. The molecule has 0 saturated carbocycles. The summed E-state index contributed by atoms with van der Waals surface area (Å²) in [4.78, 5) is 15.3. The van der Waals surface area contributed by atoms with Crippen LogP contribution in [-0.4, -0.2) is 62.8 Å². The SMILES string of the molecule is Cl.O=C(Cc1ccc(S(=O)(=O)N2CCCC2)s1)N1C[C@H]2CNC[C@H]2C1. The highest BCUT2D eigenvalue weighted by Crippen LogP contribution is 2.30. The monoisotopic (exact) mass is 405 g/mol. The minimum absolute atomic E-state index is 0. The summed E-state index contributed by atoms with van der Waals surface area (Å²) < 4.78 is 27.0. The lowest BCUT2D eigenvalue weighted by atomic mass is 10.0. The molecule has 0 spiro atoms. The topological polar surface area (TPSA) is 69.7 Å². The number of sulfonamides is 1. The third kappa shape index (κ3) is 3.73. The van der Waals surface area contributed by atoms with Gasteiger partial charge >= 0.3 is 0 Å². The van der Waals surface area contributed by atoms with E-state index >= 15 is 0 Å². The smallest absolute Gasteiger partial charge is 0.252 e. The first kappa shape index (κ1) is 19.1. The number of carbonyl (C=O) groups is 1. The van der Waals surface area contributed by atoms with Gasteiger partial charge in [-0.15, -0.1) is 23.7 Å². The van der Waals surface area contributed by atoms with E-state index in [1.807, 2.05) is 4.90 Å². The minimum atomic E-state index is -3.37. The van der Waals surface area contributed by atoms with Gasteiger partial charge in [0.25, 0.3) is 10.0 Å². The van der Waals surface area contributed by atoms with Gasteiger partial charge in [0.15, 0.2) is 0 Å². The zero-order chi connectivity index (χ0) is 16.7. The second kappa shape index (κ2) is 7.52. The van der Waals surface area contributed by atoms with Crippen LogP contribution in [0.2, 0.25) is 0 Å². The number of fused-ring (bicyclic) bond motifs is 1. The maximum absolute atomic E-state index is 12.6. The molecule has 0 aromatic carbocycles. The molecule has 4 rings (SSSR count). The van der Waals surface area contributed by atoms with Crippen molar-refractivity contribution in [1.82, 2.24) is 14.5 Å². The van der Waals surface area contributed by atoms with E-state index in [9.17, 15) is 13.2 Å². The summed E-state index contributed by atoms with van der Waals surface area (Å²) in [5.41, 5.74) is 0. The van der Waals surface area contributed by atoms with E-state index in [4.69, 9.17) is 0 Å². The molecule has 3 saturated heterocycles.